The van der Waals surface area contributed by atoms with Crippen LogP contribution in [0.2, 0.25) is 0 Å². The number of benzene rings is 4. The number of hydrogen-bond donors (Lipinski definition) is 1. The standard InChI is InChI=1S/C30H30O4S/c31-35(32,33)34-30-23-20-27(19-16-24-10-4-1-5-11-24)28(21-17-25-12-6-2-7-13-25)29(30)22-18-26-14-8-3-9-15-26/h1-15,20,23H,16-19,21-22H2,(H,31,32,33). The first-order valence-corrected chi connectivity index (χ1v) is 13.3. The van der Waals surface area contributed by atoms with E-state index in [0.29, 0.717) is 6.42 Å². The summed E-state index contributed by atoms with van der Waals surface area (Å²) in [5.41, 5.74) is 6.75. The molecule has 4 nitrogen and oxygen atoms in total. The van der Waals surface area contributed by atoms with E-state index < -0.39 is 10.4 Å². The van der Waals surface area contributed by atoms with Gasteiger partial charge in [-0.3, -0.25) is 4.55 Å². The van der Waals surface area contributed by atoms with Crippen molar-refractivity contribution in [1.29, 1.82) is 0 Å². The predicted molar refractivity (Wildman–Crippen MR) is 140 cm³/mol. The average molecular weight is 487 g/mol. The van der Waals surface area contributed by atoms with E-state index in [1.165, 1.54) is 16.7 Å². The molecule has 4 aromatic rings. The highest BCUT2D eigenvalue weighted by molar-refractivity contribution is 7.81. The van der Waals surface area contributed by atoms with Crippen molar-refractivity contribution in [3.05, 3.63) is 137 Å². The molecule has 0 aromatic heterocycles. The molecule has 0 aliphatic heterocycles. The van der Waals surface area contributed by atoms with Gasteiger partial charge in [0.1, 0.15) is 5.75 Å². The Kier molecular flexibility index (Phi) is 8.35. The van der Waals surface area contributed by atoms with Gasteiger partial charge >= 0.3 is 10.4 Å². The summed E-state index contributed by atoms with van der Waals surface area (Å²) >= 11 is 0. The van der Waals surface area contributed by atoms with Crippen molar-refractivity contribution in [1.82, 2.24) is 0 Å². The monoisotopic (exact) mass is 486 g/mol. The number of hydrogen-bond acceptors (Lipinski definition) is 3. The van der Waals surface area contributed by atoms with Gasteiger partial charge in [-0.15, -0.1) is 0 Å². The predicted octanol–water partition coefficient (Wildman–Crippen LogP) is 6.22. The fourth-order valence-corrected chi connectivity index (χ4v) is 4.87. The largest absolute Gasteiger partial charge is 0.446 e. The minimum atomic E-state index is -4.63. The molecule has 180 valence electrons. The van der Waals surface area contributed by atoms with Crippen molar-refractivity contribution < 1.29 is 17.2 Å². The van der Waals surface area contributed by atoms with Crippen LogP contribution in [0.25, 0.3) is 0 Å². The van der Waals surface area contributed by atoms with Crippen molar-refractivity contribution in [2.24, 2.45) is 0 Å². The van der Waals surface area contributed by atoms with E-state index in [9.17, 15) is 13.0 Å². The van der Waals surface area contributed by atoms with Crippen LogP contribution < -0.4 is 4.18 Å². The van der Waals surface area contributed by atoms with E-state index in [0.717, 1.165) is 48.8 Å². The van der Waals surface area contributed by atoms with Crippen LogP contribution in [0.1, 0.15) is 33.4 Å². The molecule has 4 aromatic carbocycles. The van der Waals surface area contributed by atoms with Gasteiger partial charge in [0.05, 0.1) is 0 Å². The van der Waals surface area contributed by atoms with Gasteiger partial charge in [-0.25, -0.2) is 0 Å². The normalized spacial score (nSPS) is 11.3. The van der Waals surface area contributed by atoms with Crippen molar-refractivity contribution in [3.63, 3.8) is 0 Å². The SMILES string of the molecule is O=S(=O)(O)Oc1ccc(CCc2ccccc2)c(CCc2ccccc2)c1CCc1ccccc1. The molecular weight excluding hydrogens is 456 g/mol. The Balaban J connectivity index is 1.70. The molecule has 0 atom stereocenters. The molecule has 0 aliphatic rings. The van der Waals surface area contributed by atoms with Crippen molar-refractivity contribution in [2.75, 3.05) is 0 Å². The van der Waals surface area contributed by atoms with Gasteiger partial charge in [-0.1, -0.05) is 97.1 Å². The Morgan fingerprint density at radius 2 is 0.943 bits per heavy atom. The van der Waals surface area contributed by atoms with Crippen LogP contribution in [0.4, 0.5) is 0 Å². The molecule has 0 bridgehead atoms. The maximum atomic E-state index is 11.6. The second kappa shape index (κ2) is 11.8. The zero-order chi connectivity index (χ0) is 24.5. The fourth-order valence-electron chi connectivity index (χ4n) is 4.48. The summed E-state index contributed by atoms with van der Waals surface area (Å²) in [5.74, 6) is 0.204. The minimum Gasteiger partial charge on any atom is -0.362 e. The van der Waals surface area contributed by atoms with E-state index >= 15 is 0 Å². The highest BCUT2D eigenvalue weighted by atomic mass is 32.3. The molecule has 0 fully saturated rings. The summed E-state index contributed by atoms with van der Waals surface area (Å²) in [5, 5.41) is 0. The molecule has 35 heavy (non-hydrogen) atoms. The van der Waals surface area contributed by atoms with Crippen LogP contribution in [0.5, 0.6) is 5.75 Å². The summed E-state index contributed by atoms with van der Waals surface area (Å²) < 4.78 is 37.8. The van der Waals surface area contributed by atoms with Gasteiger partial charge in [0, 0.05) is 0 Å². The van der Waals surface area contributed by atoms with E-state index in [-0.39, 0.29) is 5.75 Å². The van der Waals surface area contributed by atoms with E-state index in [1.807, 2.05) is 60.7 Å². The maximum Gasteiger partial charge on any atom is 0.446 e. The Bertz CT molecular complexity index is 1320. The van der Waals surface area contributed by atoms with Crippen LogP contribution in [0, 0.1) is 0 Å². The molecule has 0 spiro atoms. The molecule has 5 heteroatoms. The fraction of sp³-hybridized carbons (Fsp3) is 0.200. The summed E-state index contributed by atoms with van der Waals surface area (Å²) in [6.45, 7) is 0. The van der Waals surface area contributed by atoms with Gasteiger partial charge in [0.15, 0.2) is 0 Å². The molecule has 0 saturated carbocycles. The van der Waals surface area contributed by atoms with Crippen LogP contribution in [0.15, 0.2) is 103 Å². The van der Waals surface area contributed by atoms with Gasteiger partial charge in [0.2, 0.25) is 0 Å². The molecule has 0 heterocycles. The van der Waals surface area contributed by atoms with Gasteiger partial charge in [0.25, 0.3) is 0 Å². The summed E-state index contributed by atoms with van der Waals surface area (Å²) in [4.78, 5) is 0. The minimum absolute atomic E-state index is 0.204. The third-order valence-electron chi connectivity index (χ3n) is 6.22. The van der Waals surface area contributed by atoms with Crippen LogP contribution in [0.3, 0.4) is 0 Å². The van der Waals surface area contributed by atoms with E-state index in [2.05, 4.69) is 36.4 Å². The van der Waals surface area contributed by atoms with Crippen molar-refractivity contribution in [3.8, 4) is 5.75 Å². The first kappa shape index (κ1) is 24.7. The second-order valence-electron chi connectivity index (χ2n) is 8.65. The molecule has 0 amide bonds. The molecule has 0 unspecified atom stereocenters. The van der Waals surface area contributed by atoms with Crippen LogP contribution in [-0.2, 0) is 48.9 Å². The maximum absolute atomic E-state index is 11.6. The summed E-state index contributed by atoms with van der Waals surface area (Å²) in [6.07, 6.45) is 4.64. The molecule has 1 N–H and O–H groups in total. The van der Waals surface area contributed by atoms with E-state index in [4.69, 9.17) is 4.18 Å². The quantitative estimate of drug-likeness (QED) is 0.256. The lowest BCUT2D eigenvalue weighted by molar-refractivity contribution is 0.384. The van der Waals surface area contributed by atoms with Crippen molar-refractivity contribution >= 4 is 10.4 Å². The molecular formula is C30H30O4S. The van der Waals surface area contributed by atoms with Gasteiger partial charge in [-0.2, -0.15) is 8.42 Å². The Morgan fingerprint density at radius 1 is 0.514 bits per heavy atom. The summed E-state index contributed by atoms with van der Waals surface area (Å²) in [7, 11) is -4.63. The Hall–Kier alpha value is -3.41. The molecule has 0 radical (unpaired) electrons. The first-order chi connectivity index (χ1) is 17.0. The highest BCUT2D eigenvalue weighted by Gasteiger charge is 2.19. The summed E-state index contributed by atoms with van der Waals surface area (Å²) in [6, 6.07) is 34.3. The number of rotatable bonds is 11. The molecule has 0 aliphatic carbocycles. The lowest BCUT2D eigenvalue weighted by Crippen LogP contribution is -2.12. The zero-order valence-corrected chi connectivity index (χ0v) is 20.5. The Morgan fingerprint density at radius 3 is 1.40 bits per heavy atom. The lowest BCUT2D eigenvalue weighted by atomic mass is 9.88. The average Bonchev–Trinajstić information content (AvgIpc) is 2.87. The third kappa shape index (κ3) is 7.54. The van der Waals surface area contributed by atoms with Crippen LogP contribution >= 0.6 is 0 Å². The van der Waals surface area contributed by atoms with Crippen LogP contribution in [-0.4, -0.2) is 13.0 Å². The Labute approximate surface area is 208 Å². The zero-order valence-electron chi connectivity index (χ0n) is 19.6. The van der Waals surface area contributed by atoms with Gasteiger partial charge < -0.3 is 4.18 Å². The first-order valence-electron chi connectivity index (χ1n) is 11.9. The molecule has 4 rings (SSSR count). The highest BCUT2D eigenvalue weighted by Crippen LogP contribution is 2.31. The van der Waals surface area contributed by atoms with Crippen molar-refractivity contribution in [2.45, 2.75) is 38.5 Å². The van der Waals surface area contributed by atoms with E-state index in [1.54, 1.807) is 6.07 Å². The van der Waals surface area contributed by atoms with Gasteiger partial charge in [-0.05, 0) is 78.0 Å². The number of aryl methyl sites for hydroxylation is 4. The smallest absolute Gasteiger partial charge is 0.362 e. The topological polar surface area (TPSA) is 63.6 Å². The second-order valence-corrected chi connectivity index (χ2v) is 9.67. The third-order valence-corrected chi connectivity index (χ3v) is 6.61. The molecule has 0 saturated heterocycles. The lowest BCUT2D eigenvalue weighted by Gasteiger charge is -2.19.